The molecule has 2 heterocycles. The highest BCUT2D eigenvalue weighted by Crippen LogP contribution is 2.33. The predicted molar refractivity (Wildman–Crippen MR) is 74.6 cm³/mol. The number of hydrogen-bond acceptors (Lipinski definition) is 5. The van der Waals surface area contributed by atoms with Crippen LogP contribution >= 0.6 is 0 Å². The lowest BCUT2D eigenvalue weighted by Gasteiger charge is -2.14. The smallest absolute Gasteiger partial charge is 0.422 e. The van der Waals surface area contributed by atoms with Crippen molar-refractivity contribution in [3.05, 3.63) is 41.9 Å². The van der Waals surface area contributed by atoms with Crippen LogP contribution in [0.25, 0.3) is 0 Å². The van der Waals surface area contributed by atoms with Crippen molar-refractivity contribution in [2.45, 2.75) is 12.4 Å². The molecule has 0 aromatic carbocycles. The molecule has 2 aromatic rings. The van der Waals surface area contributed by atoms with Gasteiger partial charge >= 0.3 is 12.4 Å². The number of carbonyl (C=O) groups is 1. The number of rotatable bonds is 4. The second-order valence-electron chi connectivity index (χ2n) is 4.82. The average molecular weight is 381 g/mol. The van der Waals surface area contributed by atoms with E-state index in [-0.39, 0.29) is 0 Å². The summed E-state index contributed by atoms with van der Waals surface area (Å²) in [6.07, 6.45) is -7.19. The minimum atomic E-state index is -4.78. The Morgan fingerprint density at radius 1 is 1.19 bits per heavy atom. The van der Waals surface area contributed by atoms with E-state index >= 15 is 0 Å². The molecule has 0 spiro atoms. The molecule has 2 N–H and O–H groups in total. The standard InChI is InChI=1S/C14H9F6N3O3/c15-13(16,17)6-26-10-5-21-2-1-8(10)11(24)23-9-3-7(14(18,19)20)4-22-12(9)25/h1-5H,6H2,(H,22,25)(H,23,24). The molecule has 0 saturated heterocycles. The van der Waals surface area contributed by atoms with Crippen molar-refractivity contribution in [2.75, 3.05) is 11.9 Å². The third kappa shape index (κ3) is 4.97. The summed E-state index contributed by atoms with van der Waals surface area (Å²) in [5, 5.41) is 11.4. The molecule has 0 aliphatic rings. The van der Waals surface area contributed by atoms with Gasteiger partial charge < -0.3 is 15.2 Å². The Hall–Kier alpha value is -3.05. The summed E-state index contributed by atoms with van der Waals surface area (Å²) in [5.41, 5.74) is -2.35. The summed E-state index contributed by atoms with van der Waals surface area (Å²) in [5.74, 6) is -2.57. The maximum absolute atomic E-state index is 12.7. The lowest BCUT2D eigenvalue weighted by Crippen LogP contribution is -2.21. The first-order valence-electron chi connectivity index (χ1n) is 6.68. The van der Waals surface area contributed by atoms with Crippen LogP contribution in [0, 0.1) is 0 Å². The first-order valence-corrected chi connectivity index (χ1v) is 6.68. The van der Waals surface area contributed by atoms with E-state index in [0.717, 1.165) is 18.5 Å². The Labute approximate surface area is 141 Å². The molecular weight excluding hydrogens is 372 g/mol. The second-order valence-corrected chi connectivity index (χ2v) is 4.82. The highest BCUT2D eigenvalue weighted by Gasteiger charge is 2.32. The normalized spacial score (nSPS) is 11.9. The lowest BCUT2D eigenvalue weighted by atomic mass is 10.2. The van der Waals surface area contributed by atoms with E-state index in [2.05, 4.69) is 14.7 Å². The molecule has 2 aromatic heterocycles. The number of hydrogen-bond donors (Lipinski definition) is 2. The Balaban J connectivity index is 2.26. The number of amides is 1. The molecule has 12 heteroatoms. The Morgan fingerprint density at radius 3 is 2.50 bits per heavy atom. The predicted octanol–water partition coefficient (Wildman–Crippen LogP) is 3.39. The number of pyridine rings is 2. The summed E-state index contributed by atoms with van der Waals surface area (Å²) in [4.78, 5) is 18.8. The quantitative estimate of drug-likeness (QED) is 0.794. The van der Waals surface area contributed by atoms with Crippen LogP contribution < -0.4 is 10.1 Å². The van der Waals surface area contributed by atoms with Gasteiger partial charge in [-0.1, -0.05) is 0 Å². The number of nitrogens with zero attached hydrogens (tertiary/aromatic N) is 2. The molecule has 0 aliphatic carbocycles. The second kappa shape index (κ2) is 7.06. The molecule has 0 bridgehead atoms. The van der Waals surface area contributed by atoms with Crippen LogP contribution in [0.5, 0.6) is 11.6 Å². The fourth-order valence-corrected chi connectivity index (χ4v) is 1.74. The Morgan fingerprint density at radius 2 is 1.88 bits per heavy atom. The number of anilines is 1. The molecule has 0 atom stereocenters. The van der Waals surface area contributed by atoms with Gasteiger partial charge in [-0.3, -0.25) is 9.78 Å². The van der Waals surface area contributed by atoms with Gasteiger partial charge in [-0.05, 0) is 12.1 Å². The van der Waals surface area contributed by atoms with Crippen LogP contribution in [-0.2, 0) is 6.18 Å². The number of carbonyl (C=O) groups excluding carboxylic acids is 1. The lowest BCUT2D eigenvalue weighted by molar-refractivity contribution is -0.153. The zero-order valence-corrected chi connectivity index (χ0v) is 12.5. The largest absolute Gasteiger partial charge is 0.492 e. The third-order valence-corrected chi connectivity index (χ3v) is 2.86. The zero-order chi connectivity index (χ0) is 19.5. The van der Waals surface area contributed by atoms with Crippen molar-refractivity contribution in [2.24, 2.45) is 0 Å². The van der Waals surface area contributed by atoms with E-state index in [0.29, 0.717) is 12.3 Å². The van der Waals surface area contributed by atoms with Gasteiger partial charge in [-0.15, -0.1) is 0 Å². The van der Waals surface area contributed by atoms with Gasteiger partial charge in [-0.2, -0.15) is 26.3 Å². The summed E-state index contributed by atoms with van der Waals surface area (Å²) < 4.78 is 79.2. The molecule has 140 valence electrons. The summed E-state index contributed by atoms with van der Waals surface area (Å²) in [6.45, 7) is -1.70. The maximum atomic E-state index is 12.7. The van der Waals surface area contributed by atoms with Crippen LogP contribution in [-0.4, -0.2) is 33.8 Å². The molecule has 1 amide bonds. The first-order chi connectivity index (χ1) is 12.0. The molecule has 26 heavy (non-hydrogen) atoms. The third-order valence-electron chi connectivity index (χ3n) is 2.86. The van der Waals surface area contributed by atoms with Crippen LogP contribution in [0.2, 0.25) is 0 Å². The zero-order valence-electron chi connectivity index (χ0n) is 12.5. The van der Waals surface area contributed by atoms with E-state index in [4.69, 9.17) is 0 Å². The van der Waals surface area contributed by atoms with E-state index < -0.39 is 53.3 Å². The van der Waals surface area contributed by atoms with E-state index in [1.807, 2.05) is 5.32 Å². The van der Waals surface area contributed by atoms with Crippen molar-refractivity contribution in [1.29, 1.82) is 0 Å². The highest BCUT2D eigenvalue weighted by molar-refractivity contribution is 6.06. The van der Waals surface area contributed by atoms with Crippen LogP contribution in [0.1, 0.15) is 15.9 Å². The van der Waals surface area contributed by atoms with Crippen molar-refractivity contribution >= 4 is 11.6 Å². The monoisotopic (exact) mass is 381 g/mol. The van der Waals surface area contributed by atoms with E-state index in [9.17, 15) is 36.2 Å². The van der Waals surface area contributed by atoms with Crippen LogP contribution in [0.15, 0.2) is 30.7 Å². The van der Waals surface area contributed by atoms with Crippen molar-refractivity contribution < 1.29 is 41.0 Å². The number of ether oxygens (including phenoxy) is 1. The number of halogens is 6. The molecule has 0 radical (unpaired) electrons. The van der Waals surface area contributed by atoms with Gasteiger partial charge in [0.05, 0.1) is 17.3 Å². The molecular formula is C14H9F6N3O3. The minimum Gasteiger partial charge on any atom is -0.492 e. The van der Waals surface area contributed by atoms with Gasteiger partial charge in [0, 0.05) is 12.4 Å². The Kier molecular flexibility index (Phi) is 5.23. The number of aromatic hydroxyl groups is 1. The fraction of sp³-hybridized carbons (Fsp3) is 0.214. The van der Waals surface area contributed by atoms with Gasteiger partial charge in [-0.25, -0.2) is 4.98 Å². The number of nitrogens with one attached hydrogen (secondary N) is 1. The van der Waals surface area contributed by atoms with Crippen LogP contribution in [0.3, 0.4) is 0 Å². The molecule has 6 nitrogen and oxygen atoms in total. The SMILES string of the molecule is O=C(Nc1cc(C(F)(F)F)cnc1O)c1ccncc1OCC(F)(F)F. The van der Waals surface area contributed by atoms with Crippen molar-refractivity contribution in [3.63, 3.8) is 0 Å². The van der Waals surface area contributed by atoms with Gasteiger partial charge in [0.25, 0.3) is 5.91 Å². The highest BCUT2D eigenvalue weighted by atomic mass is 19.4. The van der Waals surface area contributed by atoms with E-state index in [1.54, 1.807) is 0 Å². The van der Waals surface area contributed by atoms with Gasteiger partial charge in [0.1, 0.15) is 5.69 Å². The number of alkyl halides is 6. The molecule has 0 saturated carbocycles. The van der Waals surface area contributed by atoms with E-state index in [1.165, 1.54) is 0 Å². The molecule has 2 rings (SSSR count). The van der Waals surface area contributed by atoms with Crippen molar-refractivity contribution in [3.8, 4) is 11.6 Å². The molecule has 0 unspecified atom stereocenters. The topological polar surface area (TPSA) is 84.3 Å². The summed E-state index contributed by atoms with van der Waals surface area (Å²) in [7, 11) is 0. The minimum absolute atomic E-state index is 0.356. The summed E-state index contributed by atoms with van der Waals surface area (Å²) >= 11 is 0. The first kappa shape index (κ1) is 19.3. The summed E-state index contributed by atoms with van der Waals surface area (Å²) in [6, 6.07) is 1.43. The van der Waals surface area contributed by atoms with Gasteiger partial charge in [0.2, 0.25) is 5.88 Å². The fourth-order valence-electron chi connectivity index (χ4n) is 1.74. The van der Waals surface area contributed by atoms with Crippen LogP contribution in [0.4, 0.5) is 32.0 Å². The average Bonchev–Trinajstić information content (AvgIpc) is 2.53. The Bertz CT molecular complexity index is 807. The molecule has 0 aliphatic heterocycles. The van der Waals surface area contributed by atoms with Crippen molar-refractivity contribution in [1.82, 2.24) is 9.97 Å². The molecule has 0 fully saturated rings. The van der Waals surface area contributed by atoms with Gasteiger partial charge in [0.15, 0.2) is 12.4 Å². The maximum Gasteiger partial charge on any atom is 0.422 e. The number of aromatic nitrogens is 2.